The molecule has 17 heavy (non-hydrogen) atoms. The summed E-state index contributed by atoms with van der Waals surface area (Å²) < 4.78 is 5.73. The monoisotopic (exact) mass is 256 g/mol. The van der Waals surface area contributed by atoms with Crippen molar-refractivity contribution in [1.82, 2.24) is 0 Å². The molecule has 1 aromatic carbocycles. The Balaban J connectivity index is 2.60. The van der Waals surface area contributed by atoms with Gasteiger partial charge in [-0.1, -0.05) is 38.4 Å². The summed E-state index contributed by atoms with van der Waals surface area (Å²) in [5, 5.41) is 9.80. The highest BCUT2D eigenvalue weighted by atomic mass is 35.5. The smallest absolute Gasteiger partial charge is 0.126 e. The summed E-state index contributed by atoms with van der Waals surface area (Å²) in [7, 11) is 0. The van der Waals surface area contributed by atoms with Crippen LogP contribution in [0.2, 0.25) is 5.02 Å². The predicted molar refractivity (Wildman–Crippen MR) is 71.5 cm³/mol. The zero-order valence-electron chi connectivity index (χ0n) is 10.7. The van der Waals surface area contributed by atoms with E-state index in [0.717, 1.165) is 6.42 Å². The molecule has 1 aromatic rings. The summed E-state index contributed by atoms with van der Waals surface area (Å²) in [6.45, 7) is 7.15. The molecule has 0 amide bonds. The quantitative estimate of drug-likeness (QED) is 0.837. The van der Waals surface area contributed by atoms with Crippen molar-refractivity contribution in [2.24, 2.45) is 11.8 Å². The van der Waals surface area contributed by atoms with Crippen LogP contribution in [0.1, 0.15) is 32.8 Å². The molecule has 2 nitrogen and oxygen atoms in total. The van der Waals surface area contributed by atoms with Gasteiger partial charge in [0.25, 0.3) is 0 Å². The van der Waals surface area contributed by atoms with E-state index in [0.29, 0.717) is 34.8 Å². The van der Waals surface area contributed by atoms with E-state index in [1.165, 1.54) is 0 Å². The summed E-state index contributed by atoms with van der Waals surface area (Å²) >= 11 is 5.99. The highest BCUT2D eigenvalue weighted by Gasteiger charge is 2.10. The van der Waals surface area contributed by atoms with Crippen molar-refractivity contribution in [1.29, 1.82) is 0 Å². The number of aliphatic hydroxyl groups is 1. The van der Waals surface area contributed by atoms with Crippen LogP contribution in [0.15, 0.2) is 18.2 Å². The molecule has 0 fully saturated rings. The van der Waals surface area contributed by atoms with Gasteiger partial charge in [-0.3, -0.25) is 0 Å². The zero-order valence-corrected chi connectivity index (χ0v) is 11.5. The Labute approximate surface area is 109 Å². The molecule has 1 unspecified atom stereocenters. The van der Waals surface area contributed by atoms with Gasteiger partial charge >= 0.3 is 0 Å². The Hall–Kier alpha value is -0.730. The normalized spacial score (nSPS) is 12.8. The zero-order chi connectivity index (χ0) is 12.8. The summed E-state index contributed by atoms with van der Waals surface area (Å²) in [5.74, 6) is 1.86. The predicted octanol–water partition coefficient (Wildman–Crippen LogP) is 3.89. The topological polar surface area (TPSA) is 29.5 Å². The van der Waals surface area contributed by atoms with Crippen LogP contribution in [0.5, 0.6) is 5.75 Å². The third-order valence-electron chi connectivity index (χ3n) is 2.63. The van der Waals surface area contributed by atoms with Gasteiger partial charge in [0, 0.05) is 10.6 Å². The molecule has 0 aliphatic heterocycles. The number of rotatable bonds is 6. The van der Waals surface area contributed by atoms with Crippen LogP contribution in [0.25, 0.3) is 0 Å². The van der Waals surface area contributed by atoms with Crippen LogP contribution in [0, 0.1) is 11.8 Å². The van der Waals surface area contributed by atoms with E-state index in [-0.39, 0.29) is 6.61 Å². The number of hydrogen-bond acceptors (Lipinski definition) is 2. The molecule has 0 spiro atoms. The van der Waals surface area contributed by atoms with E-state index in [1.54, 1.807) is 6.07 Å². The van der Waals surface area contributed by atoms with Crippen molar-refractivity contribution in [3.8, 4) is 5.75 Å². The second-order valence-electron chi connectivity index (χ2n) is 4.92. The van der Waals surface area contributed by atoms with Crippen LogP contribution in [-0.4, -0.2) is 11.7 Å². The minimum absolute atomic E-state index is 0.0897. The first-order chi connectivity index (χ1) is 8.04. The van der Waals surface area contributed by atoms with E-state index < -0.39 is 0 Å². The first-order valence-corrected chi connectivity index (χ1v) is 6.43. The molecular formula is C14H21ClO2. The maximum absolute atomic E-state index is 9.25. The lowest BCUT2D eigenvalue weighted by Gasteiger charge is -2.17. The van der Waals surface area contributed by atoms with Gasteiger partial charge in [-0.25, -0.2) is 0 Å². The fourth-order valence-electron chi connectivity index (χ4n) is 1.93. The van der Waals surface area contributed by atoms with Gasteiger partial charge in [-0.05, 0) is 30.4 Å². The van der Waals surface area contributed by atoms with Crippen LogP contribution in [-0.2, 0) is 6.61 Å². The number of hydrogen-bond donors (Lipinski definition) is 1. The summed E-state index contributed by atoms with van der Waals surface area (Å²) in [6.07, 6.45) is 1.13. The molecule has 1 atom stereocenters. The molecule has 0 aromatic heterocycles. The van der Waals surface area contributed by atoms with Crippen molar-refractivity contribution in [3.63, 3.8) is 0 Å². The average molecular weight is 257 g/mol. The fraction of sp³-hybridized carbons (Fsp3) is 0.571. The molecule has 96 valence electrons. The Morgan fingerprint density at radius 1 is 1.29 bits per heavy atom. The maximum atomic E-state index is 9.25. The third-order valence-corrected chi connectivity index (χ3v) is 2.99. The molecule has 0 aliphatic carbocycles. The Morgan fingerprint density at radius 3 is 2.59 bits per heavy atom. The molecule has 0 bridgehead atoms. The van der Waals surface area contributed by atoms with Crippen LogP contribution in [0.3, 0.4) is 0 Å². The van der Waals surface area contributed by atoms with Crippen molar-refractivity contribution in [3.05, 3.63) is 28.8 Å². The SMILES string of the molecule is CC(C)CC(C)COc1cccc(Cl)c1CO. The first kappa shape index (κ1) is 14.3. The fourth-order valence-corrected chi connectivity index (χ4v) is 2.16. The van der Waals surface area contributed by atoms with E-state index in [9.17, 15) is 5.11 Å². The molecule has 0 heterocycles. The third kappa shape index (κ3) is 4.57. The summed E-state index contributed by atoms with van der Waals surface area (Å²) in [5.41, 5.74) is 0.672. The lowest BCUT2D eigenvalue weighted by Crippen LogP contribution is -2.12. The number of ether oxygens (including phenoxy) is 1. The average Bonchev–Trinajstić information content (AvgIpc) is 2.25. The standard InChI is InChI=1S/C14H21ClO2/c1-10(2)7-11(3)9-17-14-6-4-5-13(15)12(14)8-16/h4-6,10-11,16H,7-9H2,1-3H3. The highest BCUT2D eigenvalue weighted by Crippen LogP contribution is 2.27. The van der Waals surface area contributed by atoms with E-state index >= 15 is 0 Å². The Bertz CT molecular complexity index is 350. The molecular weight excluding hydrogens is 236 g/mol. The molecule has 1 rings (SSSR count). The lowest BCUT2D eigenvalue weighted by molar-refractivity contribution is 0.226. The van der Waals surface area contributed by atoms with E-state index in [4.69, 9.17) is 16.3 Å². The lowest BCUT2D eigenvalue weighted by atomic mass is 10.00. The van der Waals surface area contributed by atoms with E-state index in [2.05, 4.69) is 20.8 Å². The van der Waals surface area contributed by atoms with Crippen molar-refractivity contribution in [2.45, 2.75) is 33.8 Å². The Morgan fingerprint density at radius 2 is 2.00 bits per heavy atom. The minimum atomic E-state index is -0.0897. The Kier molecular flexibility index (Phi) is 5.79. The number of benzene rings is 1. The molecule has 0 aliphatic rings. The van der Waals surface area contributed by atoms with Gasteiger partial charge < -0.3 is 9.84 Å². The van der Waals surface area contributed by atoms with Crippen molar-refractivity contribution >= 4 is 11.6 Å². The second kappa shape index (κ2) is 6.87. The number of halogens is 1. The largest absolute Gasteiger partial charge is 0.493 e. The minimum Gasteiger partial charge on any atom is -0.493 e. The first-order valence-electron chi connectivity index (χ1n) is 6.05. The van der Waals surface area contributed by atoms with Crippen LogP contribution >= 0.6 is 11.6 Å². The summed E-state index contributed by atoms with van der Waals surface area (Å²) in [6, 6.07) is 5.45. The van der Waals surface area contributed by atoms with Crippen molar-refractivity contribution < 1.29 is 9.84 Å². The number of aliphatic hydroxyl groups excluding tert-OH is 1. The van der Waals surface area contributed by atoms with E-state index in [1.807, 2.05) is 12.1 Å². The summed E-state index contributed by atoms with van der Waals surface area (Å²) in [4.78, 5) is 0. The van der Waals surface area contributed by atoms with Gasteiger partial charge in [-0.2, -0.15) is 0 Å². The molecule has 3 heteroatoms. The molecule has 0 radical (unpaired) electrons. The molecule has 1 N–H and O–H groups in total. The van der Waals surface area contributed by atoms with Gasteiger partial charge in [0.05, 0.1) is 13.2 Å². The van der Waals surface area contributed by atoms with Crippen molar-refractivity contribution in [2.75, 3.05) is 6.61 Å². The molecule has 0 saturated heterocycles. The van der Waals surface area contributed by atoms with Gasteiger partial charge in [0.1, 0.15) is 5.75 Å². The van der Waals surface area contributed by atoms with Crippen LogP contribution in [0.4, 0.5) is 0 Å². The second-order valence-corrected chi connectivity index (χ2v) is 5.33. The molecule has 0 saturated carbocycles. The highest BCUT2D eigenvalue weighted by molar-refractivity contribution is 6.31. The van der Waals surface area contributed by atoms with Gasteiger partial charge in [0.2, 0.25) is 0 Å². The van der Waals surface area contributed by atoms with Gasteiger partial charge in [0.15, 0.2) is 0 Å². The van der Waals surface area contributed by atoms with Crippen LogP contribution < -0.4 is 4.74 Å². The maximum Gasteiger partial charge on any atom is 0.126 e. The van der Waals surface area contributed by atoms with Gasteiger partial charge in [-0.15, -0.1) is 0 Å².